The molecule has 2 aromatic rings. The molecule has 1 N–H and O–H groups in total. The Hall–Kier alpha value is -1.16. The van der Waals surface area contributed by atoms with Crippen molar-refractivity contribution < 1.29 is 4.21 Å². The van der Waals surface area contributed by atoms with Crippen molar-refractivity contribution in [2.24, 2.45) is 0 Å². The summed E-state index contributed by atoms with van der Waals surface area (Å²) < 4.78 is 12.5. The molecule has 0 aliphatic heterocycles. The summed E-state index contributed by atoms with van der Waals surface area (Å²) in [4.78, 5) is 0.809. The van der Waals surface area contributed by atoms with Crippen LogP contribution in [-0.4, -0.2) is 17.0 Å². The topological polar surface area (TPSA) is 29.1 Å². The molecule has 112 valence electrons. The second-order valence-corrected chi connectivity index (χ2v) is 7.16. The third-order valence-electron chi connectivity index (χ3n) is 3.39. The summed E-state index contributed by atoms with van der Waals surface area (Å²) in [5.41, 5.74) is 3.63. The van der Waals surface area contributed by atoms with Gasteiger partial charge >= 0.3 is 0 Å². The lowest BCUT2D eigenvalue weighted by molar-refractivity contribution is 0.635. The normalized spacial score (nSPS) is 13.9. The van der Waals surface area contributed by atoms with E-state index >= 15 is 0 Å². The van der Waals surface area contributed by atoms with Gasteiger partial charge in [-0.2, -0.15) is 0 Å². The first kappa shape index (κ1) is 16.2. The van der Waals surface area contributed by atoms with Crippen molar-refractivity contribution in [3.05, 3.63) is 64.2 Å². The maximum Gasteiger partial charge on any atom is 0.0548 e. The van der Waals surface area contributed by atoms with Gasteiger partial charge in [0, 0.05) is 21.7 Å². The van der Waals surface area contributed by atoms with Crippen molar-refractivity contribution >= 4 is 22.4 Å². The summed E-state index contributed by atoms with van der Waals surface area (Å²) >= 11 is 5.87. The smallest absolute Gasteiger partial charge is 0.0548 e. The van der Waals surface area contributed by atoms with Crippen molar-refractivity contribution in [1.29, 1.82) is 0 Å². The van der Waals surface area contributed by atoms with E-state index in [4.69, 9.17) is 11.6 Å². The fourth-order valence-electron chi connectivity index (χ4n) is 2.39. The van der Waals surface area contributed by atoms with E-state index in [0.717, 1.165) is 4.90 Å². The van der Waals surface area contributed by atoms with E-state index in [2.05, 4.69) is 37.4 Å². The zero-order valence-corrected chi connectivity index (χ0v) is 14.1. The Kier molecular flexibility index (Phi) is 5.57. The summed E-state index contributed by atoms with van der Waals surface area (Å²) in [5, 5.41) is 3.93. The van der Waals surface area contributed by atoms with E-state index in [1.54, 1.807) is 12.1 Å². The van der Waals surface area contributed by atoms with Gasteiger partial charge in [-0.05, 0) is 50.7 Å². The van der Waals surface area contributed by atoms with Gasteiger partial charge in [0.25, 0.3) is 0 Å². The van der Waals surface area contributed by atoms with Gasteiger partial charge < -0.3 is 5.32 Å². The highest BCUT2D eigenvalue weighted by Crippen LogP contribution is 2.21. The van der Waals surface area contributed by atoms with Gasteiger partial charge in [0.2, 0.25) is 0 Å². The highest BCUT2D eigenvalue weighted by Gasteiger charge is 2.15. The minimum absolute atomic E-state index is 0.0695. The lowest BCUT2D eigenvalue weighted by atomic mass is 10.0. The van der Waals surface area contributed by atoms with E-state index in [9.17, 15) is 4.21 Å². The molecule has 0 saturated carbocycles. The average molecular weight is 322 g/mol. The van der Waals surface area contributed by atoms with Gasteiger partial charge in [0.05, 0.1) is 10.8 Å². The quantitative estimate of drug-likeness (QED) is 0.901. The van der Waals surface area contributed by atoms with Crippen LogP contribution in [-0.2, 0) is 10.8 Å². The van der Waals surface area contributed by atoms with Crippen LogP contribution in [0.2, 0.25) is 5.02 Å². The van der Waals surface area contributed by atoms with Crippen molar-refractivity contribution in [3.8, 4) is 0 Å². The standard InChI is InChI=1S/C17H20ClNOS/c1-12-8-13(2)10-14(9-12)17(19-3)11-21(20)16-6-4-15(18)5-7-16/h4-10,17,19H,11H2,1-3H3. The predicted octanol–water partition coefficient (Wildman–Crippen LogP) is 4.03. The molecule has 2 rings (SSSR count). The van der Waals surface area contributed by atoms with Crippen LogP contribution >= 0.6 is 11.6 Å². The van der Waals surface area contributed by atoms with Crippen molar-refractivity contribution in [2.45, 2.75) is 24.8 Å². The van der Waals surface area contributed by atoms with Gasteiger partial charge in [-0.15, -0.1) is 0 Å². The number of rotatable bonds is 5. The van der Waals surface area contributed by atoms with Crippen LogP contribution in [0.25, 0.3) is 0 Å². The molecule has 4 heteroatoms. The minimum atomic E-state index is -1.06. The van der Waals surface area contributed by atoms with Gasteiger partial charge in [-0.3, -0.25) is 4.21 Å². The predicted molar refractivity (Wildman–Crippen MR) is 90.4 cm³/mol. The molecule has 2 nitrogen and oxygen atoms in total. The summed E-state index contributed by atoms with van der Waals surface area (Å²) in [5.74, 6) is 0.543. The van der Waals surface area contributed by atoms with E-state index in [-0.39, 0.29) is 6.04 Å². The molecule has 0 spiro atoms. The first-order valence-electron chi connectivity index (χ1n) is 6.89. The fraction of sp³-hybridized carbons (Fsp3) is 0.294. The van der Waals surface area contributed by atoms with Crippen LogP contribution in [0, 0.1) is 13.8 Å². The van der Waals surface area contributed by atoms with E-state index in [0.29, 0.717) is 10.8 Å². The molecular formula is C17H20ClNOS. The fourth-order valence-corrected chi connectivity index (χ4v) is 3.81. The second kappa shape index (κ2) is 7.21. The Morgan fingerprint density at radius 2 is 1.67 bits per heavy atom. The Bertz CT molecular complexity index is 619. The average Bonchev–Trinajstić information content (AvgIpc) is 2.44. The summed E-state index contributed by atoms with van der Waals surface area (Å²) in [6.45, 7) is 4.17. The van der Waals surface area contributed by atoms with Crippen molar-refractivity contribution in [1.82, 2.24) is 5.32 Å². The molecule has 2 atom stereocenters. The summed E-state index contributed by atoms with van der Waals surface area (Å²) in [6, 6.07) is 13.7. The zero-order valence-electron chi connectivity index (χ0n) is 12.5. The number of hydrogen-bond acceptors (Lipinski definition) is 2. The Balaban J connectivity index is 2.18. The number of halogens is 1. The lowest BCUT2D eigenvalue weighted by Crippen LogP contribution is -2.23. The molecule has 0 aliphatic carbocycles. The molecule has 0 bridgehead atoms. The highest BCUT2D eigenvalue weighted by molar-refractivity contribution is 7.85. The Morgan fingerprint density at radius 3 is 2.19 bits per heavy atom. The third kappa shape index (κ3) is 4.40. The zero-order chi connectivity index (χ0) is 15.4. The number of benzene rings is 2. The monoisotopic (exact) mass is 321 g/mol. The summed E-state index contributed by atoms with van der Waals surface area (Å²) in [6.07, 6.45) is 0. The first-order valence-corrected chi connectivity index (χ1v) is 8.58. The largest absolute Gasteiger partial charge is 0.312 e. The van der Waals surface area contributed by atoms with Crippen LogP contribution in [0.5, 0.6) is 0 Å². The molecule has 2 unspecified atom stereocenters. The molecular weight excluding hydrogens is 302 g/mol. The summed E-state index contributed by atoms with van der Waals surface area (Å²) in [7, 11) is 0.848. The van der Waals surface area contributed by atoms with E-state index < -0.39 is 10.8 Å². The lowest BCUT2D eigenvalue weighted by Gasteiger charge is -2.17. The number of aryl methyl sites for hydroxylation is 2. The van der Waals surface area contributed by atoms with E-state index in [1.165, 1.54) is 16.7 Å². The highest BCUT2D eigenvalue weighted by atomic mass is 35.5. The Morgan fingerprint density at radius 1 is 1.10 bits per heavy atom. The molecule has 0 radical (unpaired) electrons. The second-order valence-electron chi connectivity index (χ2n) is 5.23. The van der Waals surface area contributed by atoms with Crippen LogP contribution in [0.3, 0.4) is 0 Å². The number of nitrogens with one attached hydrogen (secondary N) is 1. The van der Waals surface area contributed by atoms with E-state index in [1.807, 2.05) is 19.2 Å². The van der Waals surface area contributed by atoms with Crippen LogP contribution in [0.4, 0.5) is 0 Å². The molecule has 2 aromatic carbocycles. The maximum atomic E-state index is 12.5. The van der Waals surface area contributed by atoms with Gasteiger partial charge in [0.15, 0.2) is 0 Å². The minimum Gasteiger partial charge on any atom is -0.312 e. The molecule has 0 saturated heterocycles. The van der Waals surface area contributed by atoms with Gasteiger partial charge in [-0.1, -0.05) is 40.9 Å². The number of hydrogen-bond donors (Lipinski definition) is 1. The van der Waals surface area contributed by atoms with Gasteiger partial charge in [0.1, 0.15) is 0 Å². The Labute approximate surface area is 134 Å². The molecule has 0 heterocycles. The van der Waals surface area contributed by atoms with Crippen LogP contribution in [0.15, 0.2) is 47.4 Å². The maximum absolute atomic E-state index is 12.5. The molecule has 0 amide bonds. The van der Waals surface area contributed by atoms with Crippen molar-refractivity contribution in [2.75, 3.05) is 12.8 Å². The van der Waals surface area contributed by atoms with Crippen LogP contribution < -0.4 is 5.32 Å². The van der Waals surface area contributed by atoms with Crippen molar-refractivity contribution in [3.63, 3.8) is 0 Å². The van der Waals surface area contributed by atoms with Crippen LogP contribution in [0.1, 0.15) is 22.7 Å². The third-order valence-corrected chi connectivity index (χ3v) is 5.08. The SMILES string of the molecule is CNC(CS(=O)c1ccc(Cl)cc1)c1cc(C)cc(C)c1. The molecule has 0 aromatic heterocycles. The molecule has 0 fully saturated rings. The first-order chi connectivity index (χ1) is 9.99. The molecule has 0 aliphatic rings. The van der Waals surface area contributed by atoms with Gasteiger partial charge in [-0.25, -0.2) is 0 Å². The molecule has 21 heavy (non-hydrogen) atoms.